The second-order valence-electron chi connectivity index (χ2n) is 5.72. The molecule has 2 heteroatoms. The van der Waals surface area contributed by atoms with Crippen molar-refractivity contribution in [2.45, 2.75) is 32.7 Å². The van der Waals surface area contributed by atoms with E-state index in [0.29, 0.717) is 0 Å². The van der Waals surface area contributed by atoms with E-state index in [1.165, 1.54) is 5.56 Å². The number of hydrogen-bond acceptors (Lipinski definition) is 2. The molecule has 17 heavy (non-hydrogen) atoms. The normalized spacial score (nSPS) is 12.1. The van der Waals surface area contributed by atoms with E-state index in [1.807, 2.05) is 0 Å². The maximum Gasteiger partial charge on any atom is 0.0104 e. The maximum atomic E-state index is 3.51. The van der Waals surface area contributed by atoms with Gasteiger partial charge in [-0.3, -0.25) is 0 Å². The molecule has 0 bridgehead atoms. The van der Waals surface area contributed by atoms with E-state index >= 15 is 0 Å². The van der Waals surface area contributed by atoms with Gasteiger partial charge in [0.15, 0.2) is 0 Å². The smallest absolute Gasteiger partial charge is 0.0104 e. The Morgan fingerprint density at radius 3 is 2.29 bits per heavy atom. The first-order valence-corrected chi connectivity index (χ1v) is 6.45. The maximum absolute atomic E-state index is 3.51. The molecule has 0 atom stereocenters. The number of likely N-dealkylation sites (N-methyl/N-ethyl adjacent to an activating group) is 1. The molecule has 1 rings (SSSR count). The van der Waals surface area contributed by atoms with Gasteiger partial charge in [-0.05, 0) is 39.8 Å². The van der Waals surface area contributed by atoms with Gasteiger partial charge in [0.2, 0.25) is 0 Å². The average molecular weight is 234 g/mol. The van der Waals surface area contributed by atoms with E-state index in [2.05, 4.69) is 68.4 Å². The van der Waals surface area contributed by atoms with Crippen molar-refractivity contribution >= 4 is 0 Å². The summed E-state index contributed by atoms with van der Waals surface area (Å²) in [5.74, 6) is 0. The zero-order valence-electron chi connectivity index (χ0n) is 11.7. The van der Waals surface area contributed by atoms with Crippen molar-refractivity contribution in [1.29, 1.82) is 0 Å². The number of nitrogens with one attached hydrogen (secondary N) is 1. The first-order chi connectivity index (χ1) is 7.97. The number of nitrogens with zero attached hydrogens (tertiary/aromatic N) is 1. The molecule has 96 valence electrons. The SMILES string of the molecule is CN(CCNC(C)(C)C)CCc1ccccc1. The molecule has 0 spiro atoms. The first-order valence-electron chi connectivity index (χ1n) is 6.45. The fourth-order valence-corrected chi connectivity index (χ4v) is 1.70. The van der Waals surface area contributed by atoms with Crippen molar-refractivity contribution < 1.29 is 0 Å². The molecule has 1 N–H and O–H groups in total. The second-order valence-corrected chi connectivity index (χ2v) is 5.72. The van der Waals surface area contributed by atoms with Gasteiger partial charge in [0, 0.05) is 25.2 Å². The Balaban J connectivity index is 2.15. The molecule has 0 fully saturated rings. The van der Waals surface area contributed by atoms with Crippen LogP contribution in [0.3, 0.4) is 0 Å². The summed E-state index contributed by atoms with van der Waals surface area (Å²) in [6, 6.07) is 10.7. The van der Waals surface area contributed by atoms with Crippen molar-refractivity contribution in [2.24, 2.45) is 0 Å². The van der Waals surface area contributed by atoms with Crippen LogP contribution in [-0.2, 0) is 6.42 Å². The van der Waals surface area contributed by atoms with Crippen LogP contribution in [0.15, 0.2) is 30.3 Å². The third kappa shape index (κ3) is 7.14. The Morgan fingerprint density at radius 2 is 1.71 bits per heavy atom. The fraction of sp³-hybridized carbons (Fsp3) is 0.600. The average Bonchev–Trinajstić information content (AvgIpc) is 2.26. The number of rotatable bonds is 6. The Labute approximate surface area is 106 Å². The molecule has 0 aliphatic rings. The molecule has 0 heterocycles. The molecular formula is C15H26N2. The standard InChI is InChI=1S/C15H26N2/c1-15(2,3)16-11-13-17(4)12-10-14-8-6-5-7-9-14/h5-9,16H,10-13H2,1-4H3. The molecule has 0 amide bonds. The van der Waals surface area contributed by atoms with Crippen LogP contribution in [0.1, 0.15) is 26.3 Å². The molecular weight excluding hydrogens is 208 g/mol. The van der Waals surface area contributed by atoms with Gasteiger partial charge in [0.25, 0.3) is 0 Å². The van der Waals surface area contributed by atoms with E-state index in [9.17, 15) is 0 Å². The monoisotopic (exact) mass is 234 g/mol. The Kier molecular flexibility index (Phi) is 5.66. The molecule has 0 saturated heterocycles. The van der Waals surface area contributed by atoms with Crippen LogP contribution in [0.25, 0.3) is 0 Å². The summed E-state index contributed by atoms with van der Waals surface area (Å²) in [7, 11) is 2.19. The summed E-state index contributed by atoms with van der Waals surface area (Å²) in [5, 5.41) is 3.51. The molecule has 0 aliphatic heterocycles. The van der Waals surface area contributed by atoms with Gasteiger partial charge >= 0.3 is 0 Å². The van der Waals surface area contributed by atoms with Crippen LogP contribution in [-0.4, -0.2) is 37.1 Å². The zero-order valence-corrected chi connectivity index (χ0v) is 11.7. The molecule has 2 nitrogen and oxygen atoms in total. The minimum absolute atomic E-state index is 0.222. The number of hydrogen-bond donors (Lipinski definition) is 1. The molecule has 0 aromatic heterocycles. The van der Waals surface area contributed by atoms with Gasteiger partial charge in [0.05, 0.1) is 0 Å². The predicted molar refractivity (Wildman–Crippen MR) is 75.4 cm³/mol. The highest BCUT2D eigenvalue weighted by molar-refractivity contribution is 5.14. The van der Waals surface area contributed by atoms with Crippen LogP contribution in [0.5, 0.6) is 0 Å². The van der Waals surface area contributed by atoms with Crippen LogP contribution in [0.4, 0.5) is 0 Å². The first kappa shape index (κ1) is 14.2. The highest BCUT2D eigenvalue weighted by Crippen LogP contribution is 2.01. The van der Waals surface area contributed by atoms with Crippen molar-refractivity contribution in [3.8, 4) is 0 Å². The summed E-state index contributed by atoms with van der Waals surface area (Å²) in [6.45, 7) is 9.89. The van der Waals surface area contributed by atoms with Gasteiger partial charge in [-0.15, -0.1) is 0 Å². The zero-order chi connectivity index (χ0) is 12.7. The van der Waals surface area contributed by atoms with E-state index in [0.717, 1.165) is 26.1 Å². The summed E-state index contributed by atoms with van der Waals surface area (Å²) >= 11 is 0. The van der Waals surface area contributed by atoms with E-state index in [4.69, 9.17) is 0 Å². The quantitative estimate of drug-likeness (QED) is 0.814. The van der Waals surface area contributed by atoms with Crippen molar-refractivity contribution in [1.82, 2.24) is 10.2 Å². The molecule has 0 unspecified atom stereocenters. The Bertz CT molecular complexity index is 300. The molecule has 0 aliphatic carbocycles. The minimum Gasteiger partial charge on any atom is -0.311 e. The molecule has 0 saturated carbocycles. The lowest BCUT2D eigenvalue weighted by Crippen LogP contribution is -2.40. The van der Waals surface area contributed by atoms with Crippen molar-refractivity contribution in [3.05, 3.63) is 35.9 Å². The molecule has 0 radical (unpaired) electrons. The highest BCUT2D eigenvalue weighted by atomic mass is 15.1. The van der Waals surface area contributed by atoms with Gasteiger partial charge < -0.3 is 10.2 Å². The Morgan fingerprint density at radius 1 is 1.06 bits per heavy atom. The fourth-order valence-electron chi connectivity index (χ4n) is 1.70. The second kappa shape index (κ2) is 6.77. The lowest BCUT2D eigenvalue weighted by molar-refractivity contribution is 0.312. The summed E-state index contributed by atoms with van der Waals surface area (Å²) in [4.78, 5) is 2.38. The van der Waals surface area contributed by atoms with Gasteiger partial charge in [-0.2, -0.15) is 0 Å². The largest absolute Gasteiger partial charge is 0.311 e. The number of benzene rings is 1. The lowest BCUT2D eigenvalue weighted by Gasteiger charge is -2.23. The van der Waals surface area contributed by atoms with Crippen LogP contribution < -0.4 is 5.32 Å². The third-order valence-corrected chi connectivity index (χ3v) is 2.77. The lowest BCUT2D eigenvalue weighted by atomic mass is 10.1. The van der Waals surface area contributed by atoms with Crippen LogP contribution >= 0.6 is 0 Å². The molecule has 1 aromatic carbocycles. The third-order valence-electron chi connectivity index (χ3n) is 2.77. The van der Waals surface area contributed by atoms with Gasteiger partial charge in [-0.1, -0.05) is 30.3 Å². The summed E-state index contributed by atoms with van der Waals surface area (Å²) in [5.41, 5.74) is 1.64. The van der Waals surface area contributed by atoms with Gasteiger partial charge in [0.1, 0.15) is 0 Å². The van der Waals surface area contributed by atoms with Crippen LogP contribution in [0.2, 0.25) is 0 Å². The minimum atomic E-state index is 0.222. The van der Waals surface area contributed by atoms with Crippen molar-refractivity contribution in [2.75, 3.05) is 26.7 Å². The Hall–Kier alpha value is -0.860. The van der Waals surface area contributed by atoms with E-state index in [-0.39, 0.29) is 5.54 Å². The predicted octanol–water partition coefficient (Wildman–Crippen LogP) is 2.55. The highest BCUT2D eigenvalue weighted by Gasteiger charge is 2.08. The van der Waals surface area contributed by atoms with E-state index in [1.54, 1.807) is 0 Å². The topological polar surface area (TPSA) is 15.3 Å². The van der Waals surface area contributed by atoms with Crippen LogP contribution in [0, 0.1) is 0 Å². The van der Waals surface area contributed by atoms with Crippen molar-refractivity contribution in [3.63, 3.8) is 0 Å². The summed E-state index contributed by atoms with van der Waals surface area (Å²) < 4.78 is 0. The van der Waals surface area contributed by atoms with Gasteiger partial charge in [-0.25, -0.2) is 0 Å². The molecule has 1 aromatic rings. The summed E-state index contributed by atoms with van der Waals surface area (Å²) in [6.07, 6.45) is 1.13. The van der Waals surface area contributed by atoms with E-state index < -0.39 is 0 Å².